The third-order valence-electron chi connectivity index (χ3n) is 4.55. The van der Waals surface area contributed by atoms with Crippen LogP contribution < -0.4 is 10.4 Å². The molecule has 0 aliphatic heterocycles. The van der Waals surface area contributed by atoms with E-state index in [2.05, 4.69) is 11.6 Å². The van der Waals surface area contributed by atoms with Gasteiger partial charge in [0.25, 0.3) is 0 Å². The zero-order valence-electron chi connectivity index (χ0n) is 17.1. The lowest BCUT2D eigenvalue weighted by Crippen LogP contribution is -2.06. The van der Waals surface area contributed by atoms with Crippen LogP contribution in [-0.4, -0.2) is 24.2 Å². The highest BCUT2D eigenvalue weighted by Gasteiger charge is 2.09. The Bertz CT molecular complexity index is 1070. The average molecular weight is 407 g/mol. The van der Waals surface area contributed by atoms with E-state index in [-0.39, 0.29) is 5.97 Å². The smallest absolute Gasteiger partial charge is 0.344 e. The van der Waals surface area contributed by atoms with E-state index in [0.717, 1.165) is 36.6 Å². The first-order valence-electron chi connectivity index (χ1n) is 9.99. The molecule has 3 aromatic rings. The van der Waals surface area contributed by atoms with Gasteiger partial charge in [0, 0.05) is 23.2 Å². The molecule has 2 heterocycles. The van der Waals surface area contributed by atoms with Crippen LogP contribution in [-0.2, 0) is 9.53 Å². The van der Waals surface area contributed by atoms with Crippen molar-refractivity contribution in [2.75, 3.05) is 13.2 Å². The van der Waals surface area contributed by atoms with Crippen molar-refractivity contribution in [3.05, 3.63) is 71.2 Å². The van der Waals surface area contributed by atoms with Gasteiger partial charge in [0.2, 0.25) is 5.88 Å². The Hall–Kier alpha value is -3.41. The fraction of sp³-hybridized carbons (Fsp3) is 0.292. The lowest BCUT2D eigenvalue weighted by atomic mass is 10.1. The predicted molar refractivity (Wildman–Crippen MR) is 115 cm³/mol. The zero-order valence-corrected chi connectivity index (χ0v) is 17.1. The monoisotopic (exact) mass is 407 g/mol. The first kappa shape index (κ1) is 21.3. The molecule has 0 N–H and O–H groups in total. The van der Waals surface area contributed by atoms with Gasteiger partial charge in [-0.25, -0.2) is 14.6 Å². The first-order valence-corrected chi connectivity index (χ1v) is 9.99. The molecule has 0 aliphatic rings. The number of nitrogens with zero attached hydrogens (tertiary/aromatic N) is 1. The number of carbonyl (C=O) groups excluding carboxylic acids is 1. The predicted octanol–water partition coefficient (Wildman–Crippen LogP) is 4.91. The summed E-state index contributed by atoms with van der Waals surface area (Å²) in [5.74, 6) is 0.0803. The molecule has 2 aromatic heterocycles. The number of aromatic nitrogens is 1. The van der Waals surface area contributed by atoms with Gasteiger partial charge in [0.05, 0.1) is 18.8 Å². The van der Waals surface area contributed by atoms with E-state index >= 15 is 0 Å². The van der Waals surface area contributed by atoms with Gasteiger partial charge in [-0.05, 0) is 44.2 Å². The molecule has 0 spiro atoms. The van der Waals surface area contributed by atoms with Gasteiger partial charge >= 0.3 is 11.6 Å². The van der Waals surface area contributed by atoms with Gasteiger partial charge in [-0.15, -0.1) is 0 Å². The number of ether oxygens (including phenoxy) is 2. The Kier molecular flexibility index (Phi) is 7.38. The number of hydrogen-bond donors (Lipinski definition) is 0. The van der Waals surface area contributed by atoms with Crippen LogP contribution in [0, 0.1) is 0 Å². The molecule has 0 radical (unpaired) electrons. The van der Waals surface area contributed by atoms with Crippen LogP contribution in [0.15, 0.2) is 70.0 Å². The average Bonchev–Trinajstić information content (AvgIpc) is 2.75. The van der Waals surface area contributed by atoms with Gasteiger partial charge in [-0.3, -0.25) is 0 Å². The van der Waals surface area contributed by atoms with Crippen molar-refractivity contribution >= 4 is 16.9 Å². The summed E-state index contributed by atoms with van der Waals surface area (Å²) in [6.07, 6.45) is 5.20. The van der Waals surface area contributed by atoms with Crippen LogP contribution in [0.1, 0.15) is 32.6 Å². The highest BCUT2D eigenvalue weighted by Crippen LogP contribution is 2.22. The topological polar surface area (TPSA) is 78.6 Å². The Labute approximate surface area is 175 Å². The molecule has 30 heavy (non-hydrogen) atoms. The molecule has 0 unspecified atom stereocenters. The third-order valence-corrected chi connectivity index (χ3v) is 4.55. The summed E-state index contributed by atoms with van der Waals surface area (Å²) in [6.45, 7) is 6.09. The summed E-state index contributed by atoms with van der Waals surface area (Å²) in [5, 5.41) is 0.741. The van der Waals surface area contributed by atoms with Crippen molar-refractivity contribution in [3.63, 3.8) is 0 Å². The number of carbonyl (C=O) groups is 1. The number of unbranched alkanes of at least 4 members (excludes halogenated alkanes) is 3. The summed E-state index contributed by atoms with van der Waals surface area (Å²) < 4.78 is 16.2. The van der Waals surface area contributed by atoms with Crippen molar-refractivity contribution in [2.24, 2.45) is 0 Å². The number of hydrogen-bond acceptors (Lipinski definition) is 6. The van der Waals surface area contributed by atoms with E-state index in [0.29, 0.717) is 35.8 Å². The SMILES string of the molecule is C=C(C)C(=O)OCCCCCCOc1cc2oc(=O)c(-c3ccccc3)cc2cn1. The van der Waals surface area contributed by atoms with Crippen LogP contribution in [0.2, 0.25) is 0 Å². The molecule has 6 nitrogen and oxygen atoms in total. The number of fused-ring (bicyclic) bond motifs is 1. The second-order valence-corrected chi connectivity index (χ2v) is 7.05. The maximum atomic E-state index is 12.3. The molecular formula is C24H25NO5. The molecule has 0 amide bonds. The molecule has 156 valence electrons. The Morgan fingerprint density at radius 2 is 1.80 bits per heavy atom. The van der Waals surface area contributed by atoms with Crippen LogP contribution in [0.5, 0.6) is 5.88 Å². The first-order chi connectivity index (χ1) is 14.5. The van der Waals surface area contributed by atoms with Crippen molar-refractivity contribution in [3.8, 4) is 17.0 Å². The summed E-state index contributed by atoms with van der Waals surface area (Å²) in [7, 11) is 0. The summed E-state index contributed by atoms with van der Waals surface area (Å²) in [5.41, 5.74) is 1.79. The fourth-order valence-electron chi connectivity index (χ4n) is 2.92. The van der Waals surface area contributed by atoms with E-state index < -0.39 is 5.63 Å². The number of pyridine rings is 1. The summed E-state index contributed by atoms with van der Waals surface area (Å²) in [6, 6.07) is 12.8. The van der Waals surface area contributed by atoms with Gasteiger partial charge < -0.3 is 13.9 Å². The third kappa shape index (κ3) is 5.80. The van der Waals surface area contributed by atoms with Crippen LogP contribution in [0.3, 0.4) is 0 Å². The number of benzene rings is 1. The van der Waals surface area contributed by atoms with Gasteiger partial charge in [-0.1, -0.05) is 36.9 Å². The minimum atomic E-state index is -0.391. The molecule has 0 saturated carbocycles. The normalized spacial score (nSPS) is 10.7. The van der Waals surface area contributed by atoms with Crippen molar-refractivity contribution in [1.82, 2.24) is 4.98 Å². The number of rotatable bonds is 10. The Balaban J connectivity index is 1.48. The second-order valence-electron chi connectivity index (χ2n) is 7.05. The van der Waals surface area contributed by atoms with Crippen LogP contribution in [0.4, 0.5) is 0 Å². The summed E-state index contributed by atoms with van der Waals surface area (Å²) >= 11 is 0. The van der Waals surface area contributed by atoms with E-state index in [4.69, 9.17) is 13.9 Å². The standard InChI is InChI=1S/C24H25NO5/c1-17(2)23(26)29-13-9-4-3-8-12-28-22-15-21-19(16-25-22)14-20(24(27)30-21)18-10-6-5-7-11-18/h5-7,10-11,14-16H,1,3-4,8-9,12-13H2,2H3. The highest BCUT2D eigenvalue weighted by atomic mass is 16.5. The fourth-order valence-corrected chi connectivity index (χ4v) is 2.92. The maximum Gasteiger partial charge on any atom is 0.344 e. The Morgan fingerprint density at radius 3 is 2.53 bits per heavy atom. The van der Waals surface area contributed by atoms with Gasteiger partial charge in [0.15, 0.2) is 0 Å². The van der Waals surface area contributed by atoms with Crippen molar-refractivity contribution in [2.45, 2.75) is 32.6 Å². The van der Waals surface area contributed by atoms with E-state index in [1.165, 1.54) is 0 Å². The minimum Gasteiger partial charge on any atom is -0.478 e. The molecule has 0 saturated heterocycles. The molecule has 0 fully saturated rings. The lowest BCUT2D eigenvalue weighted by Gasteiger charge is -2.07. The largest absolute Gasteiger partial charge is 0.478 e. The van der Waals surface area contributed by atoms with Gasteiger partial charge in [0.1, 0.15) is 5.58 Å². The quantitative estimate of drug-likeness (QED) is 0.270. The second kappa shape index (κ2) is 10.4. The molecule has 3 rings (SSSR count). The molecule has 0 aliphatic carbocycles. The molecule has 0 bridgehead atoms. The molecule has 1 aromatic carbocycles. The maximum absolute atomic E-state index is 12.3. The minimum absolute atomic E-state index is 0.344. The van der Waals surface area contributed by atoms with E-state index in [9.17, 15) is 9.59 Å². The van der Waals surface area contributed by atoms with Crippen LogP contribution >= 0.6 is 0 Å². The molecular weight excluding hydrogens is 382 g/mol. The lowest BCUT2D eigenvalue weighted by molar-refractivity contribution is -0.139. The molecule has 0 atom stereocenters. The van der Waals surface area contributed by atoms with Crippen molar-refractivity contribution < 1.29 is 18.7 Å². The zero-order chi connectivity index (χ0) is 21.3. The summed E-state index contributed by atoms with van der Waals surface area (Å²) in [4.78, 5) is 27.9. The van der Waals surface area contributed by atoms with Crippen LogP contribution in [0.25, 0.3) is 22.1 Å². The van der Waals surface area contributed by atoms with Crippen molar-refractivity contribution in [1.29, 1.82) is 0 Å². The Morgan fingerprint density at radius 1 is 1.07 bits per heavy atom. The van der Waals surface area contributed by atoms with E-state index in [1.54, 1.807) is 25.3 Å². The molecule has 6 heteroatoms. The van der Waals surface area contributed by atoms with Gasteiger partial charge in [-0.2, -0.15) is 0 Å². The van der Waals surface area contributed by atoms with E-state index in [1.807, 2.05) is 30.3 Å². The highest BCUT2D eigenvalue weighted by molar-refractivity contribution is 5.86. The number of esters is 1.